The number of benzene rings is 1. The van der Waals surface area contributed by atoms with Gasteiger partial charge in [0.25, 0.3) is 0 Å². The Kier molecular flexibility index (Phi) is 4.65. The van der Waals surface area contributed by atoms with Gasteiger partial charge in [0, 0.05) is 13.7 Å². The number of nitriles is 1. The predicted molar refractivity (Wildman–Crippen MR) is 74.4 cm³/mol. The summed E-state index contributed by atoms with van der Waals surface area (Å²) in [5, 5.41) is 12.7. The van der Waals surface area contributed by atoms with Crippen LogP contribution < -0.4 is 5.32 Å². The first-order valence-corrected chi connectivity index (χ1v) is 6.68. The molecule has 1 aliphatic carbocycles. The van der Waals surface area contributed by atoms with E-state index in [0.29, 0.717) is 17.2 Å². The highest BCUT2D eigenvalue weighted by atomic mass is 35.5. The average molecular weight is 281 g/mol. The van der Waals surface area contributed by atoms with Crippen LogP contribution in [0.2, 0.25) is 5.02 Å². The molecule has 1 aliphatic rings. The summed E-state index contributed by atoms with van der Waals surface area (Å²) in [6.07, 6.45) is 1.07. The molecule has 3 unspecified atom stereocenters. The molecular formula is C14H17ClN2O2. The third kappa shape index (κ3) is 3.01. The van der Waals surface area contributed by atoms with Gasteiger partial charge in [0.15, 0.2) is 0 Å². The molecule has 2 rings (SSSR count). The van der Waals surface area contributed by atoms with Gasteiger partial charge in [0.05, 0.1) is 34.5 Å². The first-order valence-electron chi connectivity index (χ1n) is 6.30. The topological polar surface area (TPSA) is 54.3 Å². The van der Waals surface area contributed by atoms with Crippen LogP contribution in [0.25, 0.3) is 0 Å². The number of halogens is 1. The fourth-order valence-corrected chi connectivity index (χ4v) is 2.55. The van der Waals surface area contributed by atoms with E-state index in [9.17, 15) is 0 Å². The van der Waals surface area contributed by atoms with Gasteiger partial charge in [-0.2, -0.15) is 5.26 Å². The van der Waals surface area contributed by atoms with Crippen molar-refractivity contribution in [1.82, 2.24) is 0 Å². The first-order chi connectivity index (χ1) is 9.19. The molecule has 0 saturated heterocycles. The zero-order valence-electron chi connectivity index (χ0n) is 11.0. The molecule has 1 N–H and O–H groups in total. The SMILES string of the molecule is CCOC1CC(Nc2ccc(C#N)cc2Cl)C1OC. The van der Waals surface area contributed by atoms with Gasteiger partial charge in [-0.15, -0.1) is 0 Å². The van der Waals surface area contributed by atoms with Crippen molar-refractivity contribution in [1.29, 1.82) is 5.26 Å². The van der Waals surface area contributed by atoms with Crippen LogP contribution in [0, 0.1) is 11.3 Å². The lowest BCUT2D eigenvalue weighted by atomic mass is 9.85. The third-order valence-electron chi connectivity index (χ3n) is 3.34. The Morgan fingerprint density at radius 1 is 1.53 bits per heavy atom. The van der Waals surface area contributed by atoms with E-state index in [1.807, 2.05) is 13.0 Å². The second kappa shape index (κ2) is 6.25. The van der Waals surface area contributed by atoms with E-state index in [1.54, 1.807) is 19.2 Å². The number of hydrogen-bond donors (Lipinski definition) is 1. The van der Waals surface area contributed by atoms with Crippen molar-refractivity contribution in [3.8, 4) is 6.07 Å². The Labute approximate surface area is 118 Å². The number of methoxy groups -OCH3 is 1. The smallest absolute Gasteiger partial charge is 0.103 e. The summed E-state index contributed by atoms with van der Waals surface area (Å²) in [6.45, 7) is 2.67. The molecule has 5 heteroatoms. The number of rotatable bonds is 5. The Hall–Kier alpha value is -1.28. The Morgan fingerprint density at radius 2 is 2.32 bits per heavy atom. The fourth-order valence-electron chi connectivity index (χ4n) is 2.32. The number of nitrogens with one attached hydrogen (secondary N) is 1. The molecule has 0 amide bonds. The Morgan fingerprint density at radius 3 is 2.89 bits per heavy atom. The highest BCUT2D eigenvalue weighted by Gasteiger charge is 2.42. The largest absolute Gasteiger partial charge is 0.378 e. The Balaban J connectivity index is 2.01. The van der Waals surface area contributed by atoms with E-state index in [-0.39, 0.29) is 18.2 Å². The van der Waals surface area contributed by atoms with E-state index in [2.05, 4.69) is 11.4 Å². The number of hydrogen-bond acceptors (Lipinski definition) is 4. The van der Waals surface area contributed by atoms with Crippen molar-refractivity contribution < 1.29 is 9.47 Å². The standard InChI is InChI=1S/C14H17ClN2O2/c1-3-19-13-7-12(14(13)18-2)17-11-5-4-9(8-16)6-10(11)15/h4-6,12-14,17H,3,7H2,1-2H3. The van der Waals surface area contributed by atoms with Crippen LogP contribution in [0.3, 0.4) is 0 Å². The van der Waals surface area contributed by atoms with Gasteiger partial charge in [0.1, 0.15) is 6.10 Å². The molecule has 1 aromatic carbocycles. The van der Waals surface area contributed by atoms with Gasteiger partial charge in [-0.1, -0.05) is 11.6 Å². The van der Waals surface area contributed by atoms with Gasteiger partial charge in [-0.3, -0.25) is 0 Å². The number of anilines is 1. The van der Waals surface area contributed by atoms with E-state index in [4.69, 9.17) is 26.3 Å². The van der Waals surface area contributed by atoms with E-state index >= 15 is 0 Å². The normalized spacial score (nSPS) is 25.5. The van der Waals surface area contributed by atoms with Crippen LogP contribution in [0.4, 0.5) is 5.69 Å². The van der Waals surface area contributed by atoms with Crippen molar-refractivity contribution in [2.75, 3.05) is 19.0 Å². The Bertz CT molecular complexity index is 487. The maximum Gasteiger partial charge on any atom is 0.103 e. The molecule has 1 aromatic rings. The second-order valence-electron chi connectivity index (χ2n) is 4.49. The highest BCUT2D eigenvalue weighted by Crippen LogP contribution is 2.32. The van der Waals surface area contributed by atoms with E-state index in [1.165, 1.54) is 0 Å². The molecule has 1 saturated carbocycles. The van der Waals surface area contributed by atoms with Crippen LogP contribution in [0.1, 0.15) is 18.9 Å². The molecule has 0 aromatic heterocycles. The van der Waals surface area contributed by atoms with Crippen molar-refractivity contribution in [2.45, 2.75) is 31.6 Å². The van der Waals surface area contributed by atoms with Crippen LogP contribution in [-0.4, -0.2) is 32.0 Å². The van der Waals surface area contributed by atoms with Crippen LogP contribution in [0.15, 0.2) is 18.2 Å². The summed E-state index contributed by atoms with van der Waals surface area (Å²) in [7, 11) is 1.69. The van der Waals surface area contributed by atoms with Crippen molar-refractivity contribution >= 4 is 17.3 Å². The lowest BCUT2D eigenvalue weighted by Gasteiger charge is -2.43. The lowest BCUT2D eigenvalue weighted by molar-refractivity contribution is -0.118. The molecule has 0 radical (unpaired) electrons. The lowest BCUT2D eigenvalue weighted by Crippen LogP contribution is -2.56. The summed E-state index contributed by atoms with van der Waals surface area (Å²) in [4.78, 5) is 0. The van der Waals surface area contributed by atoms with Gasteiger partial charge in [-0.05, 0) is 31.5 Å². The van der Waals surface area contributed by atoms with E-state index < -0.39 is 0 Å². The first kappa shape index (κ1) is 14.1. The number of nitrogens with zero attached hydrogens (tertiary/aromatic N) is 1. The van der Waals surface area contributed by atoms with E-state index in [0.717, 1.165) is 12.1 Å². The van der Waals surface area contributed by atoms with Crippen molar-refractivity contribution in [3.63, 3.8) is 0 Å². The molecule has 0 aliphatic heterocycles. The summed E-state index contributed by atoms with van der Waals surface area (Å²) >= 11 is 6.14. The maximum atomic E-state index is 8.80. The molecule has 4 nitrogen and oxygen atoms in total. The maximum absolute atomic E-state index is 8.80. The fraction of sp³-hybridized carbons (Fsp3) is 0.500. The zero-order chi connectivity index (χ0) is 13.8. The molecule has 3 atom stereocenters. The van der Waals surface area contributed by atoms with Crippen LogP contribution >= 0.6 is 11.6 Å². The zero-order valence-corrected chi connectivity index (χ0v) is 11.8. The monoisotopic (exact) mass is 280 g/mol. The quantitative estimate of drug-likeness (QED) is 0.901. The highest BCUT2D eigenvalue weighted by molar-refractivity contribution is 6.33. The van der Waals surface area contributed by atoms with Gasteiger partial charge in [0.2, 0.25) is 0 Å². The summed E-state index contributed by atoms with van der Waals surface area (Å²) in [5.41, 5.74) is 1.38. The summed E-state index contributed by atoms with van der Waals surface area (Å²) in [6, 6.07) is 7.47. The van der Waals surface area contributed by atoms with Gasteiger partial charge < -0.3 is 14.8 Å². The summed E-state index contributed by atoms with van der Waals surface area (Å²) < 4.78 is 11.0. The molecular weight excluding hydrogens is 264 g/mol. The number of ether oxygens (including phenoxy) is 2. The third-order valence-corrected chi connectivity index (χ3v) is 3.65. The average Bonchev–Trinajstić information content (AvgIpc) is 2.39. The predicted octanol–water partition coefficient (Wildman–Crippen LogP) is 2.82. The van der Waals surface area contributed by atoms with Crippen molar-refractivity contribution in [3.05, 3.63) is 28.8 Å². The summed E-state index contributed by atoms with van der Waals surface area (Å²) in [5.74, 6) is 0. The minimum atomic E-state index is 0.0339. The van der Waals surface area contributed by atoms with Gasteiger partial charge >= 0.3 is 0 Å². The molecule has 0 spiro atoms. The van der Waals surface area contributed by atoms with Crippen molar-refractivity contribution in [2.24, 2.45) is 0 Å². The molecule has 1 fully saturated rings. The molecule has 0 heterocycles. The molecule has 19 heavy (non-hydrogen) atoms. The second-order valence-corrected chi connectivity index (χ2v) is 4.89. The van der Waals surface area contributed by atoms with Crippen LogP contribution in [-0.2, 0) is 9.47 Å². The molecule has 0 bridgehead atoms. The molecule has 102 valence electrons. The van der Waals surface area contributed by atoms with Gasteiger partial charge in [-0.25, -0.2) is 0 Å². The minimum absolute atomic E-state index is 0.0339. The minimum Gasteiger partial charge on any atom is -0.378 e. The van der Waals surface area contributed by atoms with Crippen LogP contribution in [0.5, 0.6) is 0 Å².